The Bertz CT molecular complexity index is 1220. The Labute approximate surface area is 382 Å². The first-order valence-corrected chi connectivity index (χ1v) is 25.6. The first-order chi connectivity index (χ1) is 30.5. The second-order valence-corrected chi connectivity index (χ2v) is 16.7. The van der Waals surface area contributed by atoms with E-state index in [1.54, 1.807) is 0 Å². The highest BCUT2D eigenvalue weighted by Crippen LogP contribution is 2.13. The van der Waals surface area contributed by atoms with Gasteiger partial charge >= 0.3 is 17.9 Å². The number of rotatable bonds is 45. The molecule has 0 rings (SSSR count). The van der Waals surface area contributed by atoms with E-state index in [0.717, 1.165) is 122 Å². The number of hydrogen-bond donors (Lipinski definition) is 0. The predicted octanol–water partition coefficient (Wildman–Crippen LogP) is 16.8. The fourth-order valence-corrected chi connectivity index (χ4v) is 6.84. The number of esters is 3. The third-order valence-electron chi connectivity index (χ3n) is 10.6. The van der Waals surface area contributed by atoms with Crippen LogP contribution < -0.4 is 0 Å². The number of carbonyl (C=O) groups is 3. The average Bonchev–Trinajstić information content (AvgIpc) is 3.27. The van der Waals surface area contributed by atoms with E-state index in [2.05, 4.69) is 106 Å². The Morgan fingerprint density at radius 3 is 1.10 bits per heavy atom. The first-order valence-electron chi connectivity index (χ1n) is 25.6. The largest absolute Gasteiger partial charge is 0.462 e. The van der Waals surface area contributed by atoms with Gasteiger partial charge in [-0.25, -0.2) is 0 Å². The van der Waals surface area contributed by atoms with E-state index in [4.69, 9.17) is 14.2 Å². The molecule has 1 atom stereocenters. The lowest BCUT2D eigenvalue weighted by molar-refractivity contribution is -0.167. The molecular weight excluding hydrogens is 769 g/mol. The Morgan fingerprint density at radius 1 is 0.355 bits per heavy atom. The molecule has 62 heavy (non-hydrogen) atoms. The molecule has 0 saturated carbocycles. The van der Waals surface area contributed by atoms with Crippen LogP contribution in [0.3, 0.4) is 0 Å². The van der Waals surface area contributed by atoms with Crippen LogP contribution in [0.2, 0.25) is 0 Å². The predicted molar refractivity (Wildman–Crippen MR) is 265 cm³/mol. The van der Waals surface area contributed by atoms with Crippen LogP contribution in [0.4, 0.5) is 0 Å². The molecule has 0 heterocycles. The van der Waals surface area contributed by atoms with Crippen molar-refractivity contribution in [3.63, 3.8) is 0 Å². The summed E-state index contributed by atoms with van der Waals surface area (Å²) in [6.07, 6.45) is 64.2. The molecule has 0 bridgehead atoms. The maximum Gasteiger partial charge on any atom is 0.306 e. The van der Waals surface area contributed by atoms with E-state index in [-0.39, 0.29) is 31.1 Å². The zero-order chi connectivity index (χ0) is 45.1. The van der Waals surface area contributed by atoms with Gasteiger partial charge in [0.25, 0.3) is 0 Å². The maximum atomic E-state index is 12.8. The lowest BCUT2D eigenvalue weighted by Gasteiger charge is -2.18. The van der Waals surface area contributed by atoms with Crippen molar-refractivity contribution in [2.75, 3.05) is 13.2 Å². The van der Waals surface area contributed by atoms with E-state index in [1.165, 1.54) is 70.6 Å². The third-order valence-corrected chi connectivity index (χ3v) is 10.6. The Morgan fingerprint density at radius 2 is 0.677 bits per heavy atom. The molecule has 1 unspecified atom stereocenters. The summed E-state index contributed by atoms with van der Waals surface area (Å²) in [6.45, 7) is 6.36. The van der Waals surface area contributed by atoms with Gasteiger partial charge in [0.2, 0.25) is 0 Å². The average molecular weight is 863 g/mol. The number of hydrogen-bond acceptors (Lipinski definition) is 6. The van der Waals surface area contributed by atoms with Crippen molar-refractivity contribution in [3.8, 4) is 0 Å². The van der Waals surface area contributed by atoms with Crippen molar-refractivity contribution in [1.29, 1.82) is 0 Å². The molecule has 0 spiro atoms. The highest BCUT2D eigenvalue weighted by atomic mass is 16.6. The maximum absolute atomic E-state index is 12.8. The topological polar surface area (TPSA) is 78.9 Å². The molecule has 0 aliphatic heterocycles. The van der Waals surface area contributed by atoms with Gasteiger partial charge in [-0.1, -0.05) is 196 Å². The van der Waals surface area contributed by atoms with Gasteiger partial charge in [0, 0.05) is 19.3 Å². The summed E-state index contributed by atoms with van der Waals surface area (Å²) >= 11 is 0. The molecule has 6 nitrogen and oxygen atoms in total. The Hall–Kier alpha value is -3.41. The quantitative estimate of drug-likeness (QED) is 0.0199. The van der Waals surface area contributed by atoms with E-state index in [1.807, 2.05) is 0 Å². The van der Waals surface area contributed by atoms with Gasteiger partial charge < -0.3 is 14.2 Å². The van der Waals surface area contributed by atoms with Crippen molar-refractivity contribution in [2.45, 2.75) is 239 Å². The van der Waals surface area contributed by atoms with Crippen LogP contribution in [0.1, 0.15) is 233 Å². The summed E-state index contributed by atoms with van der Waals surface area (Å²) in [6, 6.07) is 0. The van der Waals surface area contributed by atoms with Crippen molar-refractivity contribution >= 4 is 17.9 Å². The molecule has 0 aromatic carbocycles. The minimum absolute atomic E-state index is 0.0992. The van der Waals surface area contributed by atoms with Crippen LogP contribution in [0.15, 0.2) is 85.1 Å². The normalized spacial score (nSPS) is 12.8. The lowest BCUT2D eigenvalue weighted by atomic mass is 10.1. The SMILES string of the molecule is CC/C=C\C/C=C\C/C=C\CCCCCCC(=O)OC(COC(=O)CCCCC/C=C\C=C/CCCCCCCCC)COC(=O)CCCCCCCCC/C=C\C/C=C\CC. The Balaban J connectivity index is 4.47. The zero-order valence-corrected chi connectivity index (χ0v) is 40.4. The van der Waals surface area contributed by atoms with Crippen LogP contribution in [-0.2, 0) is 28.6 Å². The van der Waals surface area contributed by atoms with E-state index in [0.29, 0.717) is 19.3 Å². The molecule has 0 aromatic rings. The lowest BCUT2D eigenvalue weighted by Crippen LogP contribution is -2.30. The third kappa shape index (κ3) is 47.6. The summed E-state index contributed by atoms with van der Waals surface area (Å²) in [5.74, 6) is -0.958. The molecule has 0 aliphatic rings. The van der Waals surface area contributed by atoms with Crippen LogP contribution in [0.5, 0.6) is 0 Å². The molecule has 0 amide bonds. The highest BCUT2D eigenvalue weighted by molar-refractivity contribution is 5.71. The van der Waals surface area contributed by atoms with Gasteiger partial charge in [0.1, 0.15) is 13.2 Å². The monoisotopic (exact) mass is 863 g/mol. The van der Waals surface area contributed by atoms with Crippen LogP contribution in [0, 0.1) is 0 Å². The molecular formula is C56H94O6. The highest BCUT2D eigenvalue weighted by Gasteiger charge is 2.19. The number of unbranched alkanes of at least 4 members (excludes halogenated alkanes) is 21. The van der Waals surface area contributed by atoms with Crippen LogP contribution in [-0.4, -0.2) is 37.2 Å². The summed E-state index contributed by atoms with van der Waals surface area (Å²) in [7, 11) is 0. The van der Waals surface area contributed by atoms with Crippen molar-refractivity contribution in [1.82, 2.24) is 0 Å². The summed E-state index contributed by atoms with van der Waals surface area (Å²) in [4.78, 5) is 38.0. The molecule has 6 heteroatoms. The minimum atomic E-state index is -0.802. The summed E-state index contributed by atoms with van der Waals surface area (Å²) in [5, 5.41) is 0. The van der Waals surface area contributed by atoms with Gasteiger partial charge in [0.05, 0.1) is 0 Å². The Kier molecular flexibility index (Phi) is 47.5. The number of ether oxygens (including phenoxy) is 3. The fraction of sp³-hybridized carbons (Fsp3) is 0.696. The molecule has 354 valence electrons. The molecule has 0 N–H and O–H groups in total. The van der Waals surface area contributed by atoms with Gasteiger partial charge in [-0.05, 0) is 103 Å². The zero-order valence-electron chi connectivity index (χ0n) is 40.4. The minimum Gasteiger partial charge on any atom is -0.462 e. The van der Waals surface area contributed by atoms with Crippen LogP contribution in [0.25, 0.3) is 0 Å². The van der Waals surface area contributed by atoms with Gasteiger partial charge in [-0.15, -0.1) is 0 Å². The number of carbonyl (C=O) groups excluding carboxylic acids is 3. The molecule has 0 saturated heterocycles. The second kappa shape index (κ2) is 50.2. The van der Waals surface area contributed by atoms with Gasteiger partial charge in [-0.3, -0.25) is 14.4 Å². The molecule has 0 radical (unpaired) electrons. The van der Waals surface area contributed by atoms with Crippen molar-refractivity contribution < 1.29 is 28.6 Å². The molecule has 0 aromatic heterocycles. The van der Waals surface area contributed by atoms with E-state index < -0.39 is 6.10 Å². The number of allylic oxidation sites excluding steroid dienone is 14. The summed E-state index contributed by atoms with van der Waals surface area (Å²) < 4.78 is 16.7. The standard InChI is InChI=1S/C56H94O6/c1-4-7-10-13-16-19-22-25-28-29-32-34-37-40-43-46-49-55(58)61-52-53(62-56(59)50-47-44-41-38-35-31-27-24-21-18-15-12-9-6-3)51-60-54(57)48-45-42-39-36-33-30-26-23-20-17-14-11-8-5-2/h8-9,11-12,17-18,20-21,27-29,31-32,34,53H,4-7,10,13-16,19,22-26,30,33,35-52H2,1-3H3/b11-8-,12-9-,20-17-,21-18-,29-28-,31-27-,34-32-. The molecule has 0 aliphatic carbocycles. The van der Waals surface area contributed by atoms with Gasteiger partial charge in [-0.2, -0.15) is 0 Å². The first kappa shape index (κ1) is 58.6. The smallest absolute Gasteiger partial charge is 0.306 e. The van der Waals surface area contributed by atoms with Crippen LogP contribution >= 0.6 is 0 Å². The second-order valence-electron chi connectivity index (χ2n) is 16.7. The van der Waals surface area contributed by atoms with E-state index in [9.17, 15) is 14.4 Å². The fourth-order valence-electron chi connectivity index (χ4n) is 6.84. The molecule has 0 fully saturated rings. The summed E-state index contributed by atoms with van der Waals surface area (Å²) in [5.41, 5.74) is 0. The van der Waals surface area contributed by atoms with Gasteiger partial charge in [0.15, 0.2) is 6.10 Å². The van der Waals surface area contributed by atoms with Crippen molar-refractivity contribution in [3.05, 3.63) is 85.1 Å². The van der Waals surface area contributed by atoms with Crippen molar-refractivity contribution in [2.24, 2.45) is 0 Å². The van der Waals surface area contributed by atoms with E-state index >= 15 is 0 Å².